The van der Waals surface area contributed by atoms with Gasteiger partial charge in [0.2, 0.25) is 0 Å². The van der Waals surface area contributed by atoms with Crippen molar-refractivity contribution in [3.8, 4) is 0 Å². The van der Waals surface area contributed by atoms with Gasteiger partial charge in [-0.3, -0.25) is 9.59 Å². The summed E-state index contributed by atoms with van der Waals surface area (Å²) in [6.45, 7) is 11.7. The summed E-state index contributed by atoms with van der Waals surface area (Å²) >= 11 is 0. The molecule has 0 amide bonds. The van der Waals surface area contributed by atoms with Crippen LogP contribution in [0.5, 0.6) is 0 Å². The molecule has 0 aliphatic carbocycles. The molecule has 0 aliphatic rings. The third kappa shape index (κ3) is 10.0. The third-order valence-electron chi connectivity index (χ3n) is 2.86. The number of carbonyl (C=O) groups is 2. The molecule has 18 heavy (non-hydrogen) atoms. The molecule has 0 rings (SSSR count). The molecule has 0 saturated heterocycles. The summed E-state index contributed by atoms with van der Waals surface area (Å²) < 4.78 is 0. The van der Waals surface area contributed by atoms with E-state index in [1.165, 1.54) is 0 Å². The van der Waals surface area contributed by atoms with Gasteiger partial charge in [-0.25, -0.2) is 0 Å². The molecule has 104 valence electrons. The normalized spacial score (nSPS) is 14.1. The third-order valence-corrected chi connectivity index (χ3v) is 2.86. The molecule has 0 aromatic carbocycles. The maximum absolute atomic E-state index is 10.9. The first-order valence-electron chi connectivity index (χ1n) is 6.77. The van der Waals surface area contributed by atoms with Crippen LogP contribution in [0.1, 0.15) is 54.4 Å². The van der Waals surface area contributed by atoms with E-state index < -0.39 is 0 Å². The Morgan fingerprint density at radius 3 is 1.28 bits per heavy atom. The Morgan fingerprint density at radius 1 is 0.833 bits per heavy atom. The van der Waals surface area contributed by atoms with Gasteiger partial charge in [0.25, 0.3) is 0 Å². The quantitative estimate of drug-likeness (QED) is 0.658. The van der Waals surface area contributed by atoms with Crippen LogP contribution in [0.4, 0.5) is 0 Å². The number of hydrogen-bond acceptors (Lipinski definition) is 2. The second kappa shape index (κ2) is 12.3. The van der Waals surface area contributed by atoms with Gasteiger partial charge in [-0.15, -0.1) is 0 Å². The average molecular weight is 252 g/mol. The van der Waals surface area contributed by atoms with E-state index in [2.05, 4.69) is 0 Å². The van der Waals surface area contributed by atoms with E-state index in [4.69, 9.17) is 0 Å². The van der Waals surface area contributed by atoms with Crippen LogP contribution in [0.3, 0.4) is 0 Å². The highest BCUT2D eigenvalue weighted by atomic mass is 16.1. The highest BCUT2D eigenvalue weighted by Crippen LogP contribution is 2.02. The number of allylic oxidation sites excluding steroid dienone is 4. The van der Waals surface area contributed by atoms with Gasteiger partial charge in [0.05, 0.1) is 0 Å². The SMILES string of the molecule is C/C=C/C(=O)C(C)CC.C/C=C/C(=O)C(C)CC. The Bertz CT molecular complexity index is 257. The monoisotopic (exact) mass is 252 g/mol. The molecule has 0 fully saturated rings. The molecular weight excluding hydrogens is 224 g/mol. The molecule has 2 atom stereocenters. The lowest BCUT2D eigenvalue weighted by Crippen LogP contribution is -2.05. The van der Waals surface area contributed by atoms with E-state index in [0.29, 0.717) is 0 Å². The highest BCUT2D eigenvalue weighted by molar-refractivity contribution is 5.91. The van der Waals surface area contributed by atoms with Crippen molar-refractivity contribution < 1.29 is 9.59 Å². The number of ketones is 2. The summed E-state index contributed by atoms with van der Waals surface area (Å²) in [6, 6.07) is 0. The molecule has 0 spiro atoms. The minimum Gasteiger partial charge on any atom is -0.295 e. The van der Waals surface area contributed by atoms with Gasteiger partial charge in [-0.1, -0.05) is 39.8 Å². The van der Waals surface area contributed by atoms with Crippen molar-refractivity contribution in [1.82, 2.24) is 0 Å². The predicted molar refractivity (Wildman–Crippen MR) is 78.6 cm³/mol. The Labute approximate surface area is 112 Å². The Morgan fingerprint density at radius 2 is 1.11 bits per heavy atom. The van der Waals surface area contributed by atoms with Crippen LogP contribution in [0.15, 0.2) is 24.3 Å². The number of hydrogen-bond donors (Lipinski definition) is 0. The van der Waals surface area contributed by atoms with Crippen molar-refractivity contribution in [3.63, 3.8) is 0 Å². The standard InChI is InChI=1S/2C8H14O/c2*1-4-6-8(9)7(3)5-2/h2*4,6-7H,5H2,1-3H3/b2*6-4+. The molecule has 2 unspecified atom stereocenters. The summed E-state index contributed by atoms with van der Waals surface area (Å²) in [5.41, 5.74) is 0. The molecule has 0 radical (unpaired) electrons. The molecular formula is C16H28O2. The van der Waals surface area contributed by atoms with Crippen molar-refractivity contribution in [2.75, 3.05) is 0 Å². The van der Waals surface area contributed by atoms with E-state index in [1.807, 2.05) is 41.5 Å². The van der Waals surface area contributed by atoms with Crippen LogP contribution in [0.25, 0.3) is 0 Å². The second-order valence-corrected chi connectivity index (χ2v) is 4.42. The summed E-state index contributed by atoms with van der Waals surface area (Å²) in [7, 11) is 0. The van der Waals surface area contributed by atoms with Crippen LogP contribution in [0.2, 0.25) is 0 Å². The highest BCUT2D eigenvalue weighted by Gasteiger charge is 2.05. The molecule has 0 aliphatic heterocycles. The van der Waals surface area contributed by atoms with Gasteiger partial charge in [0.15, 0.2) is 11.6 Å². The Kier molecular flexibility index (Phi) is 13.1. The minimum atomic E-state index is 0.196. The van der Waals surface area contributed by atoms with Crippen molar-refractivity contribution in [3.05, 3.63) is 24.3 Å². The van der Waals surface area contributed by atoms with Crippen LogP contribution in [0, 0.1) is 11.8 Å². The fourth-order valence-corrected chi connectivity index (χ4v) is 1.06. The fraction of sp³-hybridized carbons (Fsp3) is 0.625. The molecule has 0 N–H and O–H groups in total. The van der Waals surface area contributed by atoms with Crippen molar-refractivity contribution in [2.45, 2.75) is 54.4 Å². The molecule has 0 aromatic rings. The van der Waals surface area contributed by atoms with Crippen molar-refractivity contribution in [1.29, 1.82) is 0 Å². The zero-order valence-electron chi connectivity index (χ0n) is 12.7. The molecule has 0 aromatic heterocycles. The lowest BCUT2D eigenvalue weighted by molar-refractivity contribution is -0.118. The lowest BCUT2D eigenvalue weighted by atomic mass is 10.0. The van der Waals surface area contributed by atoms with E-state index in [9.17, 15) is 9.59 Å². The zero-order valence-corrected chi connectivity index (χ0v) is 12.7. The van der Waals surface area contributed by atoms with Crippen LogP contribution in [-0.2, 0) is 9.59 Å². The summed E-state index contributed by atoms with van der Waals surface area (Å²) in [4.78, 5) is 21.8. The summed E-state index contributed by atoms with van der Waals surface area (Å²) in [6.07, 6.45) is 8.71. The number of carbonyl (C=O) groups excluding carboxylic acids is 2. The second-order valence-electron chi connectivity index (χ2n) is 4.42. The zero-order chi connectivity index (χ0) is 14.6. The number of rotatable bonds is 6. The van der Waals surface area contributed by atoms with Crippen LogP contribution < -0.4 is 0 Å². The largest absolute Gasteiger partial charge is 0.295 e. The summed E-state index contributed by atoms with van der Waals surface area (Å²) in [5, 5.41) is 0. The first kappa shape index (κ1) is 19.2. The van der Waals surface area contributed by atoms with Crippen LogP contribution >= 0.6 is 0 Å². The molecule has 2 nitrogen and oxygen atoms in total. The van der Waals surface area contributed by atoms with E-state index in [1.54, 1.807) is 24.3 Å². The predicted octanol–water partition coefficient (Wildman–Crippen LogP) is 4.36. The maximum atomic E-state index is 10.9. The smallest absolute Gasteiger partial charge is 0.158 e. The lowest BCUT2D eigenvalue weighted by Gasteiger charge is -2.00. The van der Waals surface area contributed by atoms with Crippen molar-refractivity contribution >= 4 is 11.6 Å². The average Bonchev–Trinajstić information content (AvgIpc) is 2.38. The van der Waals surface area contributed by atoms with Crippen LogP contribution in [-0.4, -0.2) is 11.6 Å². The fourth-order valence-electron chi connectivity index (χ4n) is 1.06. The molecule has 0 heterocycles. The van der Waals surface area contributed by atoms with E-state index in [-0.39, 0.29) is 23.4 Å². The topological polar surface area (TPSA) is 34.1 Å². The van der Waals surface area contributed by atoms with Gasteiger partial charge >= 0.3 is 0 Å². The van der Waals surface area contributed by atoms with E-state index in [0.717, 1.165) is 12.8 Å². The molecule has 0 bridgehead atoms. The summed E-state index contributed by atoms with van der Waals surface area (Å²) in [5.74, 6) is 0.863. The van der Waals surface area contributed by atoms with Gasteiger partial charge in [0, 0.05) is 11.8 Å². The van der Waals surface area contributed by atoms with Crippen molar-refractivity contribution in [2.24, 2.45) is 11.8 Å². The van der Waals surface area contributed by atoms with Gasteiger partial charge in [-0.05, 0) is 38.8 Å². The Hall–Kier alpha value is -1.18. The Balaban J connectivity index is 0. The van der Waals surface area contributed by atoms with Gasteiger partial charge < -0.3 is 0 Å². The minimum absolute atomic E-state index is 0.196. The van der Waals surface area contributed by atoms with Gasteiger partial charge in [0.1, 0.15) is 0 Å². The molecule has 0 saturated carbocycles. The maximum Gasteiger partial charge on any atom is 0.158 e. The van der Waals surface area contributed by atoms with E-state index >= 15 is 0 Å². The van der Waals surface area contributed by atoms with Gasteiger partial charge in [-0.2, -0.15) is 0 Å². The first-order chi connectivity index (χ1) is 8.44. The molecule has 2 heteroatoms. The first-order valence-corrected chi connectivity index (χ1v) is 6.77.